The van der Waals surface area contributed by atoms with Gasteiger partial charge in [0, 0.05) is 38.6 Å². The fraction of sp³-hybridized carbons (Fsp3) is 0.467. The summed E-state index contributed by atoms with van der Waals surface area (Å²) in [6.07, 6.45) is 4.08. The summed E-state index contributed by atoms with van der Waals surface area (Å²) in [5, 5.41) is 10.5. The van der Waals surface area contributed by atoms with Gasteiger partial charge in [-0.25, -0.2) is 0 Å². The van der Waals surface area contributed by atoms with Crippen LogP contribution in [-0.4, -0.2) is 29.3 Å². The van der Waals surface area contributed by atoms with E-state index in [9.17, 15) is 0 Å². The third-order valence-corrected chi connectivity index (χ3v) is 3.15. The van der Waals surface area contributed by atoms with E-state index in [1.807, 2.05) is 30.6 Å². The molecule has 0 atom stereocenters. The van der Waals surface area contributed by atoms with Crippen molar-refractivity contribution in [1.82, 2.24) is 20.4 Å². The lowest BCUT2D eigenvalue weighted by atomic mass is 10.1. The topological polar surface area (TPSA) is 67.4 Å². The summed E-state index contributed by atoms with van der Waals surface area (Å²) in [7, 11) is 1.75. The highest BCUT2D eigenvalue weighted by Gasteiger charge is 2.07. The summed E-state index contributed by atoms with van der Waals surface area (Å²) in [6, 6.07) is 6.01. The Morgan fingerprint density at radius 2 is 2.10 bits per heavy atom. The quantitative estimate of drug-likeness (QED) is 0.630. The van der Waals surface area contributed by atoms with Gasteiger partial charge >= 0.3 is 0 Å². The lowest BCUT2D eigenvalue weighted by Crippen LogP contribution is -2.38. The number of guanidine groups is 1. The molecule has 6 nitrogen and oxygen atoms in total. The molecule has 21 heavy (non-hydrogen) atoms. The zero-order chi connectivity index (χ0) is 15.1. The Bertz CT molecular complexity index is 556. The highest BCUT2D eigenvalue weighted by atomic mass is 16.5. The van der Waals surface area contributed by atoms with E-state index in [0.29, 0.717) is 12.5 Å². The Morgan fingerprint density at radius 1 is 1.33 bits per heavy atom. The molecule has 0 aliphatic heterocycles. The minimum atomic E-state index is 0.376. The molecule has 114 valence electrons. The number of nitrogens with zero attached hydrogens (tertiary/aromatic N) is 3. The molecule has 0 aliphatic rings. The minimum absolute atomic E-state index is 0.376. The van der Waals surface area contributed by atoms with Crippen LogP contribution in [0.5, 0.6) is 0 Å². The molecule has 2 N–H and O–H groups in total. The van der Waals surface area contributed by atoms with E-state index in [4.69, 9.17) is 4.52 Å². The molecule has 2 rings (SSSR count). The van der Waals surface area contributed by atoms with Crippen molar-refractivity contribution in [3.8, 4) is 0 Å². The summed E-state index contributed by atoms with van der Waals surface area (Å²) in [5.74, 6) is 1.94. The lowest BCUT2D eigenvalue weighted by Gasteiger charge is -2.11. The van der Waals surface area contributed by atoms with Gasteiger partial charge in [-0.15, -0.1) is 0 Å². The van der Waals surface area contributed by atoms with Crippen LogP contribution >= 0.6 is 0 Å². The fourth-order valence-corrected chi connectivity index (χ4v) is 1.90. The number of aliphatic imine (C=N–C) groups is 1. The highest BCUT2D eigenvalue weighted by Crippen LogP contribution is 2.13. The fourth-order valence-electron chi connectivity index (χ4n) is 1.90. The molecule has 0 saturated heterocycles. The van der Waals surface area contributed by atoms with Crippen molar-refractivity contribution in [2.45, 2.75) is 32.9 Å². The number of rotatable bonds is 6. The van der Waals surface area contributed by atoms with Gasteiger partial charge < -0.3 is 19.7 Å². The molecule has 2 heterocycles. The van der Waals surface area contributed by atoms with Crippen LogP contribution in [0.1, 0.15) is 31.2 Å². The molecule has 6 heteroatoms. The summed E-state index contributed by atoms with van der Waals surface area (Å²) in [5.41, 5.74) is 0.974. The van der Waals surface area contributed by atoms with E-state index in [-0.39, 0.29) is 0 Å². The molecule has 0 unspecified atom stereocenters. The number of hydrogen-bond donors (Lipinski definition) is 2. The summed E-state index contributed by atoms with van der Waals surface area (Å²) < 4.78 is 7.40. The second-order valence-corrected chi connectivity index (χ2v) is 5.15. The minimum Gasteiger partial charge on any atom is -0.359 e. The van der Waals surface area contributed by atoms with E-state index >= 15 is 0 Å². The first-order chi connectivity index (χ1) is 10.2. The zero-order valence-corrected chi connectivity index (χ0v) is 12.8. The van der Waals surface area contributed by atoms with Gasteiger partial charge in [-0.1, -0.05) is 19.0 Å². The van der Waals surface area contributed by atoms with E-state index in [1.54, 1.807) is 7.05 Å². The van der Waals surface area contributed by atoms with E-state index in [2.05, 4.69) is 39.2 Å². The van der Waals surface area contributed by atoms with Crippen LogP contribution in [0, 0.1) is 0 Å². The maximum Gasteiger partial charge on any atom is 0.191 e. The summed E-state index contributed by atoms with van der Waals surface area (Å²) in [4.78, 5) is 4.19. The highest BCUT2D eigenvalue weighted by molar-refractivity contribution is 5.79. The first-order valence-electron chi connectivity index (χ1n) is 7.20. The molecular formula is C15H23N5O. The monoisotopic (exact) mass is 289 g/mol. The van der Waals surface area contributed by atoms with Crippen LogP contribution in [0.25, 0.3) is 0 Å². The van der Waals surface area contributed by atoms with Crippen LogP contribution in [0.4, 0.5) is 0 Å². The van der Waals surface area contributed by atoms with Crippen molar-refractivity contribution >= 4 is 5.96 Å². The Labute approximate surface area is 125 Å². The van der Waals surface area contributed by atoms with Crippen molar-refractivity contribution in [1.29, 1.82) is 0 Å². The van der Waals surface area contributed by atoms with E-state index in [1.165, 1.54) is 0 Å². The average molecular weight is 289 g/mol. The number of hydrogen-bond acceptors (Lipinski definition) is 3. The van der Waals surface area contributed by atoms with Gasteiger partial charge in [0.1, 0.15) is 0 Å². The van der Waals surface area contributed by atoms with Gasteiger partial charge in [0.2, 0.25) is 0 Å². The molecule has 2 aromatic heterocycles. The molecule has 0 spiro atoms. The van der Waals surface area contributed by atoms with Crippen LogP contribution < -0.4 is 10.6 Å². The zero-order valence-electron chi connectivity index (χ0n) is 12.8. The Kier molecular flexibility index (Phi) is 5.43. The van der Waals surface area contributed by atoms with Crippen LogP contribution in [0.2, 0.25) is 0 Å². The van der Waals surface area contributed by atoms with Crippen molar-refractivity contribution in [2.24, 2.45) is 4.99 Å². The molecule has 0 bridgehead atoms. The molecule has 0 radical (unpaired) electrons. The Hall–Kier alpha value is -2.24. The van der Waals surface area contributed by atoms with Crippen molar-refractivity contribution in [3.63, 3.8) is 0 Å². The van der Waals surface area contributed by atoms with E-state index in [0.717, 1.165) is 30.5 Å². The van der Waals surface area contributed by atoms with Gasteiger partial charge in [-0.3, -0.25) is 4.99 Å². The Balaban J connectivity index is 1.74. The van der Waals surface area contributed by atoms with Crippen LogP contribution in [0.3, 0.4) is 0 Å². The van der Waals surface area contributed by atoms with Crippen molar-refractivity contribution in [3.05, 3.63) is 42.0 Å². The SMILES string of the molecule is CN=C(NCCn1cccc1)NCc1cc(C(C)C)no1. The van der Waals surface area contributed by atoms with E-state index < -0.39 is 0 Å². The molecular weight excluding hydrogens is 266 g/mol. The maximum atomic E-state index is 5.28. The van der Waals surface area contributed by atoms with Crippen molar-refractivity contribution in [2.75, 3.05) is 13.6 Å². The largest absolute Gasteiger partial charge is 0.359 e. The smallest absolute Gasteiger partial charge is 0.191 e. The summed E-state index contributed by atoms with van der Waals surface area (Å²) in [6.45, 7) is 6.46. The van der Waals surface area contributed by atoms with Gasteiger partial charge in [0.15, 0.2) is 11.7 Å². The predicted molar refractivity (Wildman–Crippen MR) is 83.2 cm³/mol. The lowest BCUT2D eigenvalue weighted by molar-refractivity contribution is 0.372. The maximum absolute atomic E-state index is 5.28. The normalized spacial score (nSPS) is 11.9. The first-order valence-corrected chi connectivity index (χ1v) is 7.20. The average Bonchev–Trinajstić information content (AvgIpc) is 3.13. The summed E-state index contributed by atoms with van der Waals surface area (Å²) >= 11 is 0. The van der Waals surface area contributed by atoms with Gasteiger partial charge in [0.25, 0.3) is 0 Å². The van der Waals surface area contributed by atoms with Crippen molar-refractivity contribution < 1.29 is 4.52 Å². The third-order valence-electron chi connectivity index (χ3n) is 3.15. The second kappa shape index (κ2) is 7.52. The third kappa shape index (κ3) is 4.66. The molecule has 0 aromatic carbocycles. The van der Waals surface area contributed by atoms with Gasteiger partial charge in [0.05, 0.1) is 12.2 Å². The Morgan fingerprint density at radius 3 is 2.71 bits per heavy atom. The first kappa shape index (κ1) is 15.2. The molecule has 0 fully saturated rings. The molecule has 2 aromatic rings. The van der Waals surface area contributed by atoms with Gasteiger partial charge in [-0.2, -0.15) is 0 Å². The van der Waals surface area contributed by atoms with Crippen LogP contribution in [0.15, 0.2) is 40.1 Å². The molecule has 0 saturated carbocycles. The number of aromatic nitrogens is 2. The number of nitrogens with one attached hydrogen (secondary N) is 2. The standard InChI is InChI=1S/C15H23N5O/c1-12(2)14-10-13(21-19-14)11-18-15(16-3)17-6-9-20-7-4-5-8-20/h4-5,7-8,10,12H,6,9,11H2,1-3H3,(H2,16,17,18). The van der Waals surface area contributed by atoms with Gasteiger partial charge in [-0.05, 0) is 18.1 Å². The molecule has 0 aliphatic carbocycles. The van der Waals surface area contributed by atoms with Crippen LogP contribution in [-0.2, 0) is 13.1 Å². The predicted octanol–water partition coefficient (Wildman–Crippen LogP) is 1.96. The molecule has 0 amide bonds. The second-order valence-electron chi connectivity index (χ2n) is 5.15.